The van der Waals surface area contributed by atoms with Crippen LogP contribution in [0.3, 0.4) is 0 Å². The Kier molecular flexibility index (Phi) is 5.04. The van der Waals surface area contributed by atoms with Crippen LogP contribution in [-0.4, -0.2) is 23.5 Å². The minimum Gasteiger partial charge on any atom is -0.397 e. The molecule has 0 fully saturated rings. The van der Waals surface area contributed by atoms with E-state index in [1.54, 1.807) is 0 Å². The fraction of sp³-hybridized carbons (Fsp3) is 0.562. The number of hydrogen-bond donors (Lipinski definition) is 3. The first-order valence-electron chi connectivity index (χ1n) is 7.55. The molecule has 1 aliphatic rings. The molecule has 1 aromatic carbocycles. The van der Waals surface area contributed by atoms with Crippen LogP contribution >= 0.6 is 11.8 Å². The zero-order chi connectivity index (χ0) is 15.5. The van der Waals surface area contributed by atoms with E-state index < -0.39 is 0 Å². The number of amides is 1. The molecule has 0 atom stereocenters. The number of carbonyl (C=O) groups excluding carboxylic acids is 1. The van der Waals surface area contributed by atoms with Gasteiger partial charge in [0.1, 0.15) is 0 Å². The van der Waals surface area contributed by atoms with Crippen LogP contribution in [0.15, 0.2) is 12.1 Å². The van der Waals surface area contributed by atoms with E-state index >= 15 is 0 Å². The first-order chi connectivity index (χ1) is 10.0. The van der Waals surface area contributed by atoms with Crippen molar-refractivity contribution in [2.24, 2.45) is 0 Å². The van der Waals surface area contributed by atoms with Crippen molar-refractivity contribution in [2.45, 2.75) is 44.3 Å². The van der Waals surface area contributed by atoms with E-state index in [1.165, 1.54) is 0 Å². The molecular weight excluding hydrogens is 282 g/mol. The zero-order valence-corrected chi connectivity index (χ0v) is 13.9. The quantitative estimate of drug-likeness (QED) is 0.704. The third-order valence-electron chi connectivity index (χ3n) is 4.49. The number of rotatable bonds is 6. The number of nitrogen functional groups attached to an aromatic ring is 1. The summed E-state index contributed by atoms with van der Waals surface area (Å²) < 4.78 is 0.247. The Morgan fingerprint density at radius 2 is 2.05 bits per heavy atom. The predicted molar refractivity (Wildman–Crippen MR) is 93.1 cm³/mol. The Morgan fingerprint density at radius 3 is 2.67 bits per heavy atom. The van der Waals surface area contributed by atoms with Gasteiger partial charge in [-0.3, -0.25) is 4.79 Å². The maximum absolute atomic E-state index is 11.4. The Morgan fingerprint density at radius 1 is 1.33 bits per heavy atom. The molecule has 21 heavy (non-hydrogen) atoms. The van der Waals surface area contributed by atoms with Crippen molar-refractivity contribution in [1.82, 2.24) is 0 Å². The van der Waals surface area contributed by atoms with Crippen molar-refractivity contribution in [3.63, 3.8) is 0 Å². The normalized spacial score (nSPS) is 14.5. The molecule has 1 aliphatic heterocycles. The van der Waals surface area contributed by atoms with Crippen LogP contribution < -0.4 is 16.4 Å². The highest BCUT2D eigenvalue weighted by molar-refractivity contribution is 8.00. The second-order valence-electron chi connectivity index (χ2n) is 5.59. The summed E-state index contributed by atoms with van der Waals surface area (Å²) in [6.07, 6.45) is 5.75. The fourth-order valence-corrected chi connectivity index (χ4v) is 3.51. The molecule has 2 rings (SSSR count). The van der Waals surface area contributed by atoms with Gasteiger partial charge in [0.05, 0.1) is 11.4 Å². The van der Waals surface area contributed by atoms with Gasteiger partial charge in [0.25, 0.3) is 0 Å². The molecule has 0 aliphatic carbocycles. The summed E-state index contributed by atoms with van der Waals surface area (Å²) in [6.45, 7) is 5.36. The number of nitrogens with one attached hydrogen (secondary N) is 2. The fourth-order valence-electron chi connectivity index (χ4n) is 2.72. The molecule has 0 spiro atoms. The number of aryl methyl sites for hydroxylation is 1. The number of anilines is 3. The second-order valence-corrected chi connectivity index (χ2v) is 6.87. The van der Waals surface area contributed by atoms with E-state index in [-0.39, 0.29) is 10.7 Å². The van der Waals surface area contributed by atoms with E-state index in [9.17, 15) is 4.79 Å². The molecule has 5 heteroatoms. The van der Waals surface area contributed by atoms with Gasteiger partial charge < -0.3 is 16.4 Å². The van der Waals surface area contributed by atoms with Crippen molar-refractivity contribution in [1.29, 1.82) is 0 Å². The van der Waals surface area contributed by atoms with Gasteiger partial charge in [-0.25, -0.2) is 0 Å². The molecule has 1 amide bonds. The molecule has 4 nitrogen and oxygen atoms in total. The monoisotopic (exact) mass is 307 g/mol. The van der Waals surface area contributed by atoms with Gasteiger partial charge in [0.2, 0.25) is 5.91 Å². The number of thioether (sulfide) groups is 1. The molecule has 0 bridgehead atoms. The lowest BCUT2D eigenvalue weighted by molar-refractivity contribution is -0.116. The summed E-state index contributed by atoms with van der Waals surface area (Å²) in [5, 5.41) is 6.39. The molecule has 0 saturated carbocycles. The number of fused-ring (bicyclic) bond motifs is 1. The average Bonchev–Trinajstić information content (AvgIpc) is 2.49. The van der Waals surface area contributed by atoms with Crippen molar-refractivity contribution in [3.8, 4) is 0 Å². The minimum absolute atomic E-state index is 0.0703. The molecular formula is C16H25N3OS. The Bertz CT molecular complexity index is 518. The molecule has 0 aromatic heterocycles. The van der Waals surface area contributed by atoms with Crippen LogP contribution in [-0.2, 0) is 11.2 Å². The number of carbonyl (C=O) groups is 1. The number of nitrogens with two attached hydrogens (primary N) is 1. The SMILES string of the molecule is CCC(CC)(CNc1cc2c(cc1N)NC(=O)CC2)SC. The second kappa shape index (κ2) is 6.60. The van der Waals surface area contributed by atoms with Crippen molar-refractivity contribution in [3.05, 3.63) is 17.7 Å². The third kappa shape index (κ3) is 3.46. The lowest BCUT2D eigenvalue weighted by atomic mass is 10.00. The van der Waals surface area contributed by atoms with E-state index in [2.05, 4.69) is 36.8 Å². The number of hydrogen-bond acceptors (Lipinski definition) is 4. The van der Waals surface area contributed by atoms with Gasteiger partial charge in [-0.05, 0) is 43.2 Å². The Labute approximate surface area is 131 Å². The summed E-state index contributed by atoms with van der Waals surface area (Å²) in [6, 6.07) is 3.95. The van der Waals surface area contributed by atoms with Crippen LogP contribution in [0.4, 0.5) is 17.1 Å². The van der Waals surface area contributed by atoms with Gasteiger partial charge in [-0.15, -0.1) is 0 Å². The van der Waals surface area contributed by atoms with Crippen molar-refractivity contribution < 1.29 is 4.79 Å². The predicted octanol–water partition coefficient (Wildman–Crippen LogP) is 3.49. The summed E-state index contributed by atoms with van der Waals surface area (Å²) in [5.41, 5.74) is 9.81. The van der Waals surface area contributed by atoms with Crippen molar-refractivity contribution in [2.75, 3.05) is 29.2 Å². The van der Waals surface area contributed by atoms with E-state index in [0.717, 1.165) is 42.7 Å². The molecule has 1 heterocycles. The van der Waals surface area contributed by atoms with E-state index in [1.807, 2.05) is 17.8 Å². The molecule has 0 radical (unpaired) electrons. The van der Waals surface area contributed by atoms with Crippen LogP contribution in [0.5, 0.6) is 0 Å². The minimum atomic E-state index is 0.0703. The largest absolute Gasteiger partial charge is 0.397 e. The summed E-state index contributed by atoms with van der Waals surface area (Å²) in [5.74, 6) is 0.0703. The average molecular weight is 307 g/mol. The highest BCUT2D eigenvalue weighted by Crippen LogP contribution is 2.34. The summed E-state index contributed by atoms with van der Waals surface area (Å²) >= 11 is 1.91. The van der Waals surface area contributed by atoms with Gasteiger partial charge in [-0.2, -0.15) is 11.8 Å². The Hall–Kier alpha value is -1.36. The number of benzene rings is 1. The lowest BCUT2D eigenvalue weighted by Gasteiger charge is -2.31. The van der Waals surface area contributed by atoms with Gasteiger partial charge in [0, 0.05) is 23.4 Å². The van der Waals surface area contributed by atoms with E-state index in [4.69, 9.17) is 5.73 Å². The standard InChI is InChI=1S/C16H25N3OS/c1-4-16(5-2,21-3)10-18-14-8-11-6-7-15(20)19-13(11)9-12(14)17/h8-9,18H,4-7,10,17H2,1-3H3,(H,19,20). The smallest absolute Gasteiger partial charge is 0.224 e. The maximum Gasteiger partial charge on any atom is 0.224 e. The van der Waals surface area contributed by atoms with Crippen LogP contribution in [0, 0.1) is 0 Å². The van der Waals surface area contributed by atoms with Gasteiger partial charge in [0.15, 0.2) is 0 Å². The first-order valence-corrected chi connectivity index (χ1v) is 8.77. The highest BCUT2D eigenvalue weighted by Gasteiger charge is 2.25. The Balaban J connectivity index is 2.16. The lowest BCUT2D eigenvalue weighted by Crippen LogP contribution is -2.32. The molecule has 116 valence electrons. The molecule has 0 unspecified atom stereocenters. The van der Waals surface area contributed by atoms with Gasteiger partial charge in [-0.1, -0.05) is 13.8 Å². The van der Waals surface area contributed by atoms with Crippen LogP contribution in [0.1, 0.15) is 38.7 Å². The molecule has 4 N–H and O–H groups in total. The first kappa shape index (κ1) is 16.0. The summed E-state index contributed by atoms with van der Waals surface area (Å²) in [4.78, 5) is 11.4. The third-order valence-corrected chi connectivity index (χ3v) is 6.08. The highest BCUT2D eigenvalue weighted by atomic mass is 32.2. The maximum atomic E-state index is 11.4. The molecule has 1 aromatic rings. The van der Waals surface area contributed by atoms with Crippen LogP contribution in [0.2, 0.25) is 0 Å². The van der Waals surface area contributed by atoms with Crippen LogP contribution in [0.25, 0.3) is 0 Å². The molecule has 0 saturated heterocycles. The topological polar surface area (TPSA) is 67.2 Å². The van der Waals surface area contributed by atoms with Gasteiger partial charge >= 0.3 is 0 Å². The van der Waals surface area contributed by atoms with E-state index in [0.29, 0.717) is 12.1 Å². The zero-order valence-electron chi connectivity index (χ0n) is 13.1. The summed E-state index contributed by atoms with van der Waals surface area (Å²) in [7, 11) is 0. The van der Waals surface area contributed by atoms with Crippen molar-refractivity contribution >= 4 is 34.7 Å².